The summed E-state index contributed by atoms with van der Waals surface area (Å²) in [5.74, 6) is 0.564. The Labute approximate surface area is 214 Å². The fourth-order valence-electron chi connectivity index (χ4n) is 5.47. The zero-order valence-electron chi connectivity index (χ0n) is 20.7. The summed E-state index contributed by atoms with van der Waals surface area (Å²) in [4.78, 5) is 35.3. The highest BCUT2D eigenvalue weighted by Gasteiger charge is 2.30. The lowest BCUT2D eigenvalue weighted by molar-refractivity contribution is -0.130. The average molecular weight is 497 g/mol. The van der Waals surface area contributed by atoms with Crippen molar-refractivity contribution in [3.05, 3.63) is 71.8 Å². The molecule has 0 spiro atoms. The van der Waals surface area contributed by atoms with Crippen molar-refractivity contribution in [1.29, 1.82) is 0 Å². The molecule has 1 saturated heterocycles. The fourth-order valence-corrected chi connectivity index (χ4v) is 5.47. The number of carboxylic acid groups (broad SMARTS) is 1. The molecule has 8 heteroatoms. The quantitative estimate of drug-likeness (QED) is 0.439. The Morgan fingerprint density at radius 1 is 1.05 bits per heavy atom. The number of aromatic carboxylic acids is 1. The summed E-state index contributed by atoms with van der Waals surface area (Å²) in [7, 11) is 0. The van der Waals surface area contributed by atoms with Gasteiger partial charge in [-0.1, -0.05) is 30.3 Å². The van der Waals surface area contributed by atoms with Gasteiger partial charge in [0, 0.05) is 61.9 Å². The highest BCUT2D eigenvalue weighted by molar-refractivity contribution is 5.97. The molecule has 2 aromatic carbocycles. The molecule has 37 heavy (non-hydrogen) atoms. The van der Waals surface area contributed by atoms with Gasteiger partial charge in [-0.3, -0.25) is 9.78 Å². The number of hydrogen-bond acceptors (Lipinski definition) is 5. The Bertz CT molecular complexity index is 1500. The van der Waals surface area contributed by atoms with Crippen molar-refractivity contribution >= 4 is 22.6 Å². The third-order valence-electron chi connectivity index (χ3n) is 7.52. The molecule has 0 radical (unpaired) electrons. The van der Waals surface area contributed by atoms with Crippen molar-refractivity contribution in [3.63, 3.8) is 0 Å². The van der Waals surface area contributed by atoms with Crippen LogP contribution < -0.4 is 0 Å². The first-order valence-corrected chi connectivity index (χ1v) is 12.6. The highest BCUT2D eigenvalue weighted by atomic mass is 16.5. The monoisotopic (exact) mass is 496 g/mol. The predicted octanol–water partition coefficient (Wildman–Crippen LogP) is 4.72. The van der Waals surface area contributed by atoms with E-state index >= 15 is 0 Å². The van der Waals surface area contributed by atoms with Crippen molar-refractivity contribution in [2.45, 2.75) is 38.8 Å². The standard InChI is InChI=1S/C29H28N4O4/c1-18(34)32-11-12-33-26(17-32)27(31-28(33)20-9-13-37-14-10-20)23-4-2-3-22-15-25(30-16-24(22)23)19-5-7-21(8-6-19)29(35)36/h2-8,15-16,20H,9-14,17H2,1H3,(H,35,36). The number of rotatable bonds is 4. The van der Waals surface area contributed by atoms with Gasteiger partial charge in [0.15, 0.2) is 0 Å². The normalized spacial score (nSPS) is 16.1. The summed E-state index contributed by atoms with van der Waals surface area (Å²) in [6.45, 7) is 5.09. The van der Waals surface area contributed by atoms with Gasteiger partial charge in [0.1, 0.15) is 5.82 Å². The number of benzene rings is 2. The third-order valence-corrected chi connectivity index (χ3v) is 7.52. The van der Waals surface area contributed by atoms with Crippen molar-refractivity contribution < 1.29 is 19.4 Å². The molecule has 1 amide bonds. The van der Waals surface area contributed by atoms with Gasteiger partial charge in [0.05, 0.1) is 29.2 Å². The van der Waals surface area contributed by atoms with Crippen LogP contribution in [0.15, 0.2) is 54.7 Å². The number of carbonyl (C=O) groups excluding carboxylic acids is 1. The number of imidazole rings is 1. The van der Waals surface area contributed by atoms with E-state index in [-0.39, 0.29) is 11.5 Å². The van der Waals surface area contributed by atoms with E-state index in [0.717, 1.165) is 77.4 Å². The van der Waals surface area contributed by atoms with Crippen molar-refractivity contribution in [2.24, 2.45) is 0 Å². The molecule has 2 aliphatic heterocycles. The van der Waals surface area contributed by atoms with Gasteiger partial charge >= 0.3 is 5.97 Å². The van der Waals surface area contributed by atoms with Gasteiger partial charge in [0.2, 0.25) is 5.91 Å². The minimum Gasteiger partial charge on any atom is -0.478 e. The predicted molar refractivity (Wildman–Crippen MR) is 139 cm³/mol. The van der Waals surface area contributed by atoms with E-state index in [0.29, 0.717) is 19.0 Å². The Morgan fingerprint density at radius 2 is 1.84 bits per heavy atom. The second-order valence-electron chi connectivity index (χ2n) is 9.72. The van der Waals surface area contributed by atoms with E-state index in [4.69, 9.17) is 14.7 Å². The Balaban J connectivity index is 1.44. The minimum absolute atomic E-state index is 0.0733. The van der Waals surface area contributed by atoms with Gasteiger partial charge in [-0.2, -0.15) is 0 Å². The summed E-state index contributed by atoms with van der Waals surface area (Å²) < 4.78 is 7.93. The third kappa shape index (κ3) is 4.27. The Hall–Kier alpha value is -4.04. The average Bonchev–Trinajstić information content (AvgIpc) is 3.31. The number of amides is 1. The van der Waals surface area contributed by atoms with Gasteiger partial charge in [0.25, 0.3) is 0 Å². The Kier molecular flexibility index (Phi) is 5.96. The molecule has 6 rings (SSSR count). The summed E-state index contributed by atoms with van der Waals surface area (Å²) in [6, 6.07) is 14.9. The number of fused-ring (bicyclic) bond motifs is 2. The molecule has 2 aliphatic rings. The molecule has 0 bridgehead atoms. The molecule has 2 aromatic heterocycles. The SMILES string of the molecule is CC(=O)N1CCn2c(C3CCOCC3)nc(-c3cccc4cc(-c5ccc(C(=O)O)cc5)ncc34)c2C1. The van der Waals surface area contributed by atoms with Gasteiger partial charge in [-0.25, -0.2) is 9.78 Å². The van der Waals surface area contributed by atoms with Crippen LogP contribution in [0.3, 0.4) is 0 Å². The maximum absolute atomic E-state index is 12.2. The van der Waals surface area contributed by atoms with E-state index in [1.54, 1.807) is 31.2 Å². The molecule has 4 heterocycles. The molecule has 0 atom stereocenters. The van der Waals surface area contributed by atoms with Crippen LogP contribution in [0, 0.1) is 0 Å². The smallest absolute Gasteiger partial charge is 0.335 e. The summed E-state index contributed by atoms with van der Waals surface area (Å²) >= 11 is 0. The molecular weight excluding hydrogens is 468 g/mol. The van der Waals surface area contributed by atoms with Gasteiger partial charge in [-0.05, 0) is 36.4 Å². The van der Waals surface area contributed by atoms with Crippen LogP contribution in [0.5, 0.6) is 0 Å². The summed E-state index contributed by atoms with van der Waals surface area (Å²) in [5, 5.41) is 11.2. The minimum atomic E-state index is -0.950. The number of carboxylic acids is 1. The van der Waals surface area contributed by atoms with E-state index in [1.807, 2.05) is 23.2 Å². The van der Waals surface area contributed by atoms with Gasteiger partial charge < -0.3 is 19.3 Å². The zero-order valence-corrected chi connectivity index (χ0v) is 20.7. The number of aromatic nitrogens is 3. The second-order valence-corrected chi connectivity index (χ2v) is 9.72. The largest absolute Gasteiger partial charge is 0.478 e. The number of nitrogens with zero attached hydrogens (tertiary/aromatic N) is 4. The highest BCUT2D eigenvalue weighted by Crippen LogP contribution is 2.37. The van der Waals surface area contributed by atoms with E-state index in [1.165, 1.54) is 0 Å². The van der Waals surface area contributed by atoms with E-state index in [9.17, 15) is 14.7 Å². The fraction of sp³-hybridized carbons (Fsp3) is 0.310. The van der Waals surface area contributed by atoms with Crippen LogP contribution in [0.1, 0.15) is 47.6 Å². The summed E-state index contributed by atoms with van der Waals surface area (Å²) in [5.41, 5.74) is 4.87. The first kappa shape index (κ1) is 23.4. The van der Waals surface area contributed by atoms with Crippen molar-refractivity contribution in [3.8, 4) is 22.5 Å². The van der Waals surface area contributed by atoms with Crippen LogP contribution in [0.25, 0.3) is 33.3 Å². The topological polar surface area (TPSA) is 97.6 Å². The van der Waals surface area contributed by atoms with Crippen LogP contribution in [0.2, 0.25) is 0 Å². The summed E-state index contributed by atoms with van der Waals surface area (Å²) in [6.07, 6.45) is 3.78. The molecule has 0 unspecified atom stereocenters. The molecule has 4 aromatic rings. The number of ether oxygens (including phenoxy) is 1. The molecular formula is C29H28N4O4. The number of pyridine rings is 1. The van der Waals surface area contributed by atoms with E-state index in [2.05, 4.69) is 16.7 Å². The second kappa shape index (κ2) is 9.44. The molecule has 188 valence electrons. The lowest BCUT2D eigenvalue weighted by atomic mass is 9.99. The zero-order chi connectivity index (χ0) is 25.5. The Morgan fingerprint density at radius 3 is 2.57 bits per heavy atom. The van der Waals surface area contributed by atoms with Crippen LogP contribution in [0.4, 0.5) is 0 Å². The molecule has 8 nitrogen and oxygen atoms in total. The van der Waals surface area contributed by atoms with Crippen LogP contribution in [-0.2, 0) is 22.6 Å². The first-order valence-electron chi connectivity index (χ1n) is 12.6. The van der Waals surface area contributed by atoms with Crippen LogP contribution in [-0.4, -0.2) is 56.2 Å². The molecule has 1 fully saturated rings. The van der Waals surface area contributed by atoms with Crippen LogP contribution >= 0.6 is 0 Å². The maximum Gasteiger partial charge on any atom is 0.335 e. The van der Waals surface area contributed by atoms with Gasteiger partial charge in [-0.15, -0.1) is 0 Å². The lowest BCUT2D eigenvalue weighted by Crippen LogP contribution is -2.37. The maximum atomic E-state index is 12.2. The number of carbonyl (C=O) groups is 2. The first-order chi connectivity index (χ1) is 18.0. The molecule has 1 N–H and O–H groups in total. The van der Waals surface area contributed by atoms with Crippen molar-refractivity contribution in [1.82, 2.24) is 19.4 Å². The molecule has 0 aliphatic carbocycles. The molecule has 0 saturated carbocycles. The van der Waals surface area contributed by atoms with Crippen molar-refractivity contribution in [2.75, 3.05) is 19.8 Å². The van der Waals surface area contributed by atoms with E-state index < -0.39 is 5.97 Å². The lowest BCUT2D eigenvalue weighted by Gasteiger charge is -2.30. The number of hydrogen-bond donors (Lipinski definition) is 1.